The third-order valence-corrected chi connectivity index (χ3v) is 8.92. The lowest BCUT2D eigenvalue weighted by Crippen LogP contribution is -2.54. The molecule has 3 aromatic rings. The zero-order chi connectivity index (χ0) is 27.3. The summed E-state index contributed by atoms with van der Waals surface area (Å²) in [7, 11) is 2.14. The fourth-order valence-corrected chi connectivity index (χ4v) is 6.48. The molecule has 0 radical (unpaired) electrons. The molecule has 6 rings (SSSR count). The van der Waals surface area contributed by atoms with Crippen molar-refractivity contribution in [3.05, 3.63) is 30.1 Å². The maximum atomic E-state index is 10.5. The van der Waals surface area contributed by atoms with E-state index in [4.69, 9.17) is 19.7 Å². The monoisotopic (exact) mass is 534 g/mol. The van der Waals surface area contributed by atoms with Crippen LogP contribution in [0.3, 0.4) is 0 Å². The summed E-state index contributed by atoms with van der Waals surface area (Å²) >= 11 is 0. The van der Waals surface area contributed by atoms with E-state index in [1.807, 2.05) is 32.0 Å². The van der Waals surface area contributed by atoms with Gasteiger partial charge in [0.2, 0.25) is 5.95 Å². The van der Waals surface area contributed by atoms with Crippen LogP contribution in [0.2, 0.25) is 0 Å². The highest BCUT2D eigenvalue weighted by molar-refractivity contribution is 5.85. The molecule has 2 unspecified atom stereocenters. The number of aryl methyl sites for hydroxylation is 1. The number of fused-ring (bicyclic) bond motifs is 2. The van der Waals surface area contributed by atoms with Gasteiger partial charge in [-0.25, -0.2) is 4.98 Å². The normalized spacial score (nSPS) is 21.8. The number of aromatic nitrogens is 4. The van der Waals surface area contributed by atoms with Crippen LogP contribution < -0.4 is 15.1 Å². The zero-order valence-electron chi connectivity index (χ0n) is 23.9. The molecule has 0 spiro atoms. The summed E-state index contributed by atoms with van der Waals surface area (Å²) < 4.78 is 7.79. The third kappa shape index (κ3) is 4.72. The summed E-state index contributed by atoms with van der Waals surface area (Å²) in [6, 6.07) is 8.47. The van der Waals surface area contributed by atoms with E-state index in [1.165, 1.54) is 0 Å². The Balaban J connectivity index is 1.36. The topological polar surface area (TPSA) is 94.8 Å². The zero-order valence-corrected chi connectivity index (χ0v) is 23.9. The van der Waals surface area contributed by atoms with Gasteiger partial charge in [0.25, 0.3) is 0 Å². The Kier molecular flexibility index (Phi) is 6.89. The van der Waals surface area contributed by atoms with E-state index in [1.54, 1.807) is 0 Å². The first-order chi connectivity index (χ1) is 18.8. The summed E-state index contributed by atoms with van der Waals surface area (Å²) in [4.78, 5) is 22.4. The maximum Gasteiger partial charge on any atom is 0.239 e. The number of rotatable bonds is 6. The molecule has 0 aliphatic carbocycles. The average Bonchev–Trinajstić information content (AvgIpc) is 3.50. The van der Waals surface area contributed by atoms with Gasteiger partial charge in [-0.05, 0) is 64.8 Å². The van der Waals surface area contributed by atoms with Crippen molar-refractivity contribution in [1.82, 2.24) is 24.4 Å². The molecule has 2 N–H and O–H groups in total. The number of imidazole rings is 1. The first kappa shape index (κ1) is 26.3. The second-order valence-electron chi connectivity index (χ2n) is 11.8. The third-order valence-electron chi connectivity index (χ3n) is 8.92. The number of para-hydroxylation sites is 2. The molecular formula is C29H42N8O2. The van der Waals surface area contributed by atoms with Crippen molar-refractivity contribution in [2.24, 2.45) is 5.92 Å². The van der Waals surface area contributed by atoms with E-state index >= 15 is 0 Å². The van der Waals surface area contributed by atoms with Crippen molar-refractivity contribution in [2.45, 2.75) is 64.8 Å². The van der Waals surface area contributed by atoms with Crippen molar-refractivity contribution >= 4 is 28.4 Å². The number of likely N-dealkylation sites (N-methyl/N-ethyl adjacent to an activating group) is 1. The number of aliphatic hydroxyl groups is 1. The number of benzene rings is 1. The molecule has 39 heavy (non-hydrogen) atoms. The fourth-order valence-electron chi connectivity index (χ4n) is 6.48. The van der Waals surface area contributed by atoms with Crippen LogP contribution in [0.4, 0.5) is 17.3 Å². The Bertz CT molecular complexity index is 1320. The van der Waals surface area contributed by atoms with Crippen molar-refractivity contribution in [3.8, 4) is 5.95 Å². The van der Waals surface area contributed by atoms with E-state index < -0.39 is 5.60 Å². The Morgan fingerprint density at radius 2 is 1.74 bits per heavy atom. The predicted octanol–water partition coefficient (Wildman–Crippen LogP) is 3.27. The first-order valence-corrected chi connectivity index (χ1v) is 14.4. The van der Waals surface area contributed by atoms with Gasteiger partial charge in [0.15, 0.2) is 11.6 Å². The average molecular weight is 535 g/mol. The van der Waals surface area contributed by atoms with Gasteiger partial charge in [0.05, 0.1) is 29.8 Å². The van der Waals surface area contributed by atoms with Crippen LogP contribution in [0.1, 0.15) is 46.4 Å². The highest BCUT2D eigenvalue weighted by atomic mass is 16.5. The van der Waals surface area contributed by atoms with Crippen molar-refractivity contribution in [1.29, 1.82) is 0 Å². The molecule has 3 aliphatic rings. The Hall–Kier alpha value is -2.95. The van der Waals surface area contributed by atoms with Gasteiger partial charge in [0, 0.05) is 32.6 Å². The van der Waals surface area contributed by atoms with Crippen molar-refractivity contribution in [2.75, 3.05) is 61.6 Å². The highest BCUT2D eigenvalue weighted by Gasteiger charge is 2.40. The SMILES string of the molecule is CCc1nc2ccccc2n1-c1nc(N2CCOCC2)c2c(n1)N(C)C(C(C)N1CCC(C(C)(C)O)CC1)N2. The van der Waals surface area contributed by atoms with Crippen LogP contribution in [0.5, 0.6) is 0 Å². The van der Waals surface area contributed by atoms with Gasteiger partial charge < -0.3 is 25.0 Å². The molecule has 1 aromatic carbocycles. The summed E-state index contributed by atoms with van der Waals surface area (Å²) in [6.07, 6.45) is 2.87. The van der Waals surface area contributed by atoms with E-state index in [-0.39, 0.29) is 12.2 Å². The minimum absolute atomic E-state index is 0.0632. The molecule has 0 amide bonds. The summed E-state index contributed by atoms with van der Waals surface area (Å²) in [5.74, 6) is 3.81. The van der Waals surface area contributed by atoms with Crippen LogP contribution in [0.15, 0.2) is 24.3 Å². The van der Waals surface area contributed by atoms with Gasteiger partial charge in [-0.2, -0.15) is 9.97 Å². The smallest absolute Gasteiger partial charge is 0.239 e. The number of likely N-dealkylation sites (tertiary alicyclic amines) is 1. The van der Waals surface area contributed by atoms with Gasteiger partial charge in [-0.1, -0.05) is 19.1 Å². The first-order valence-electron chi connectivity index (χ1n) is 14.4. The molecule has 0 bridgehead atoms. The molecular weight excluding hydrogens is 492 g/mol. The van der Waals surface area contributed by atoms with Crippen LogP contribution in [0, 0.1) is 5.92 Å². The molecule has 2 fully saturated rings. The Morgan fingerprint density at radius 1 is 1.05 bits per heavy atom. The molecule has 210 valence electrons. The minimum atomic E-state index is -0.623. The Labute approximate surface area is 231 Å². The Morgan fingerprint density at radius 3 is 2.44 bits per heavy atom. The van der Waals surface area contributed by atoms with E-state index in [9.17, 15) is 5.11 Å². The number of morpholine rings is 1. The lowest BCUT2D eigenvalue weighted by molar-refractivity contribution is -0.0187. The quantitative estimate of drug-likeness (QED) is 0.494. The van der Waals surface area contributed by atoms with Gasteiger partial charge >= 0.3 is 0 Å². The molecule has 0 saturated carbocycles. The van der Waals surface area contributed by atoms with Gasteiger partial charge in [-0.3, -0.25) is 9.47 Å². The largest absolute Gasteiger partial charge is 0.390 e. The fraction of sp³-hybridized carbons (Fsp3) is 0.621. The lowest BCUT2D eigenvalue weighted by atomic mass is 9.83. The molecule has 2 atom stereocenters. The van der Waals surface area contributed by atoms with E-state index in [2.05, 4.69) is 51.5 Å². The molecule has 2 aromatic heterocycles. The standard InChI is InChI=1S/C29H42N8O2/c1-6-23-30-21-9-7-8-10-22(21)37(23)28-32-26-24(27(33-28)36-15-17-39-18-16-36)31-25(34(26)5)19(2)35-13-11-20(12-14-35)29(3,4)38/h7-10,19-20,25,31,38H,6,11-18H2,1-5H3. The van der Waals surface area contributed by atoms with Crippen molar-refractivity contribution < 1.29 is 9.84 Å². The number of anilines is 3. The van der Waals surface area contributed by atoms with E-state index in [0.29, 0.717) is 25.1 Å². The maximum absolute atomic E-state index is 10.5. The van der Waals surface area contributed by atoms with Crippen molar-refractivity contribution in [3.63, 3.8) is 0 Å². The van der Waals surface area contributed by atoms with Gasteiger partial charge in [-0.15, -0.1) is 0 Å². The lowest BCUT2D eigenvalue weighted by Gasteiger charge is -2.42. The number of hydrogen-bond acceptors (Lipinski definition) is 9. The summed E-state index contributed by atoms with van der Waals surface area (Å²) in [5.41, 5.74) is 2.35. The molecule has 2 saturated heterocycles. The molecule has 10 nitrogen and oxygen atoms in total. The minimum Gasteiger partial charge on any atom is -0.390 e. The molecule has 3 aliphatic heterocycles. The van der Waals surface area contributed by atoms with Crippen LogP contribution >= 0.6 is 0 Å². The number of nitrogens with zero attached hydrogens (tertiary/aromatic N) is 7. The van der Waals surface area contributed by atoms with Crippen LogP contribution in [-0.2, 0) is 11.2 Å². The van der Waals surface area contributed by atoms with Gasteiger partial charge in [0.1, 0.15) is 17.7 Å². The summed E-state index contributed by atoms with van der Waals surface area (Å²) in [6.45, 7) is 13.2. The predicted molar refractivity (Wildman–Crippen MR) is 155 cm³/mol. The second kappa shape index (κ2) is 10.2. The molecule has 10 heteroatoms. The molecule has 5 heterocycles. The second-order valence-corrected chi connectivity index (χ2v) is 11.8. The van der Waals surface area contributed by atoms with Crippen LogP contribution in [-0.4, -0.2) is 93.8 Å². The van der Waals surface area contributed by atoms with Crippen LogP contribution in [0.25, 0.3) is 17.0 Å². The highest BCUT2D eigenvalue weighted by Crippen LogP contribution is 2.42. The van der Waals surface area contributed by atoms with E-state index in [0.717, 1.165) is 79.6 Å². The number of hydrogen-bond donors (Lipinski definition) is 2. The number of piperidine rings is 1. The summed E-state index contributed by atoms with van der Waals surface area (Å²) in [5, 5.41) is 14.4. The number of ether oxygens (including phenoxy) is 1. The number of nitrogens with one attached hydrogen (secondary N) is 1.